The van der Waals surface area contributed by atoms with Gasteiger partial charge in [-0.2, -0.15) is 0 Å². The van der Waals surface area contributed by atoms with Crippen molar-refractivity contribution in [2.75, 3.05) is 20.1 Å². The lowest BCUT2D eigenvalue weighted by Crippen LogP contribution is -2.62. The van der Waals surface area contributed by atoms with E-state index in [1.807, 2.05) is 0 Å². The fourth-order valence-corrected chi connectivity index (χ4v) is 4.09. The van der Waals surface area contributed by atoms with Crippen molar-refractivity contribution >= 4 is 0 Å². The second-order valence-corrected chi connectivity index (χ2v) is 8.42. The predicted octanol–water partition coefficient (Wildman–Crippen LogP) is 2.55. The summed E-state index contributed by atoms with van der Waals surface area (Å²) >= 11 is 0. The SMILES string of the molecule is CC1CN(C2CC(C(C)(C)C)CCC2N)CC(C)N1C. The molecule has 0 aromatic rings. The molecule has 20 heavy (non-hydrogen) atoms. The van der Waals surface area contributed by atoms with Crippen LogP contribution in [0.2, 0.25) is 0 Å². The Hall–Kier alpha value is -0.120. The summed E-state index contributed by atoms with van der Waals surface area (Å²) < 4.78 is 0. The van der Waals surface area contributed by atoms with Gasteiger partial charge in [-0.3, -0.25) is 9.80 Å². The molecule has 0 radical (unpaired) electrons. The van der Waals surface area contributed by atoms with Crippen molar-refractivity contribution < 1.29 is 0 Å². The first-order valence-corrected chi connectivity index (χ1v) is 8.41. The van der Waals surface area contributed by atoms with Crippen LogP contribution < -0.4 is 5.73 Å². The second kappa shape index (κ2) is 5.94. The smallest absolute Gasteiger partial charge is 0.0251 e. The zero-order chi connectivity index (χ0) is 15.1. The third-order valence-corrected chi connectivity index (χ3v) is 5.95. The molecule has 3 nitrogen and oxygen atoms in total. The second-order valence-electron chi connectivity index (χ2n) is 8.42. The van der Waals surface area contributed by atoms with Gasteiger partial charge in [0.1, 0.15) is 0 Å². The topological polar surface area (TPSA) is 32.5 Å². The first-order valence-electron chi connectivity index (χ1n) is 8.41. The lowest BCUT2D eigenvalue weighted by molar-refractivity contribution is -0.00213. The predicted molar refractivity (Wildman–Crippen MR) is 86.8 cm³/mol. The molecule has 2 N–H and O–H groups in total. The minimum Gasteiger partial charge on any atom is -0.326 e. The van der Waals surface area contributed by atoms with E-state index in [-0.39, 0.29) is 0 Å². The van der Waals surface area contributed by atoms with Crippen LogP contribution >= 0.6 is 0 Å². The number of likely N-dealkylation sites (N-methyl/N-ethyl adjacent to an activating group) is 1. The van der Waals surface area contributed by atoms with Gasteiger partial charge in [-0.05, 0) is 51.5 Å². The summed E-state index contributed by atoms with van der Waals surface area (Å²) in [6, 6.07) is 2.24. The fraction of sp³-hybridized carbons (Fsp3) is 1.00. The molecule has 0 bridgehead atoms. The van der Waals surface area contributed by atoms with Crippen LogP contribution in [-0.2, 0) is 0 Å². The van der Waals surface area contributed by atoms with E-state index in [0.29, 0.717) is 29.6 Å². The summed E-state index contributed by atoms with van der Waals surface area (Å²) in [7, 11) is 2.26. The number of rotatable bonds is 1. The van der Waals surface area contributed by atoms with Gasteiger partial charge in [0, 0.05) is 37.3 Å². The van der Waals surface area contributed by atoms with Crippen LogP contribution in [0.3, 0.4) is 0 Å². The van der Waals surface area contributed by atoms with Gasteiger partial charge in [-0.15, -0.1) is 0 Å². The minimum atomic E-state index is 0.372. The lowest BCUT2D eigenvalue weighted by Gasteiger charge is -2.50. The van der Waals surface area contributed by atoms with Gasteiger partial charge in [0.05, 0.1) is 0 Å². The number of nitrogens with zero attached hydrogens (tertiary/aromatic N) is 2. The minimum absolute atomic E-state index is 0.372. The highest BCUT2D eigenvalue weighted by Gasteiger charge is 2.39. The standard InChI is InChI=1S/C17H35N3/c1-12-10-20(11-13(2)19(12)6)16-9-14(17(3,4)5)7-8-15(16)18/h12-16H,7-11,18H2,1-6H3. The summed E-state index contributed by atoms with van der Waals surface area (Å²) in [5, 5.41) is 0. The van der Waals surface area contributed by atoms with Crippen molar-refractivity contribution in [1.29, 1.82) is 0 Å². The van der Waals surface area contributed by atoms with E-state index in [1.54, 1.807) is 0 Å². The normalized spacial score (nSPS) is 41.9. The van der Waals surface area contributed by atoms with E-state index in [4.69, 9.17) is 5.73 Å². The Labute approximate surface area is 125 Å². The van der Waals surface area contributed by atoms with Crippen LogP contribution in [0.4, 0.5) is 0 Å². The van der Waals surface area contributed by atoms with Crippen LogP contribution in [0.25, 0.3) is 0 Å². The van der Waals surface area contributed by atoms with Crippen molar-refractivity contribution in [3.63, 3.8) is 0 Å². The Bertz CT molecular complexity index is 311. The molecule has 0 spiro atoms. The van der Waals surface area contributed by atoms with Gasteiger partial charge in [0.25, 0.3) is 0 Å². The van der Waals surface area contributed by atoms with E-state index in [9.17, 15) is 0 Å². The largest absolute Gasteiger partial charge is 0.326 e. The van der Waals surface area contributed by atoms with Crippen LogP contribution in [0.15, 0.2) is 0 Å². The van der Waals surface area contributed by atoms with E-state index in [2.05, 4.69) is 51.5 Å². The molecule has 1 heterocycles. The Kier molecular flexibility index (Phi) is 4.83. The summed E-state index contributed by atoms with van der Waals surface area (Å²) in [6.07, 6.45) is 3.79. The molecule has 2 fully saturated rings. The van der Waals surface area contributed by atoms with E-state index in [0.717, 1.165) is 5.92 Å². The summed E-state index contributed by atoms with van der Waals surface area (Å²) in [5.41, 5.74) is 6.90. The molecule has 1 saturated heterocycles. The Morgan fingerprint density at radius 2 is 1.55 bits per heavy atom. The van der Waals surface area contributed by atoms with Gasteiger partial charge in [-0.25, -0.2) is 0 Å². The third-order valence-electron chi connectivity index (χ3n) is 5.95. The summed E-state index contributed by atoms with van der Waals surface area (Å²) in [4.78, 5) is 5.20. The van der Waals surface area contributed by atoms with Gasteiger partial charge >= 0.3 is 0 Å². The molecular formula is C17H35N3. The van der Waals surface area contributed by atoms with E-state index < -0.39 is 0 Å². The van der Waals surface area contributed by atoms with Gasteiger partial charge < -0.3 is 5.73 Å². The molecular weight excluding hydrogens is 246 g/mol. The average molecular weight is 281 g/mol. The Balaban J connectivity index is 2.06. The molecule has 5 unspecified atom stereocenters. The average Bonchev–Trinajstić information content (AvgIpc) is 2.34. The molecule has 2 aliphatic rings. The van der Waals surface area contributed by atoms with Gasteiger partial charge in [0.15, 0.2) is 0 Å². The summed E-state index contributed by atoms with van der Waals surface area (Å²) in [5.74, 6) is 0.817. The fourth-order valence-electron chi connectivity index (χ4n) is 4.09. The molecule has 1 aliphatic heterocycles. The van der Waals surface area contributed by atoms with Crippen LogP contribution in [0.5, 0.6) is 0 Å². The molecule has 118 valence electrons. The highest BCUT2D eigenvalue weighted by atomic mass is 15.3. The van der Waals surface area contributed by atoms with Crippen molar-refractivity contribution in [2.45, 2.75) is 78.0 Å². The number of hydrogen-bond donors (Lipinski definition) is 1. The zero-order valence-electron chi connectivity index (χ0n) is 14.4. The maximum atomic E-state index is 6.49. The molecule has 5 atom stereocenters. The first kappa shape index (κ1) is 16.3. The van der Waals surface area contributed by atoms with Crippen LogP contribution in [-0.4, -0.2) is 54.1 Å². The molecule has 0 aromatic carbocycles. The maximum Gasteiger partial charge on any atom is 0.0251 e. The van der Waals surface area contributed by atoms with Crippen molar-refractivity contribution in [2.24, 2.45) is 17.1 Å². The highest BCUT2D eigenvalue weighted by Crippen LogP contribution is 2.39. The first-order chi connectivity index (χ1) is 9.20. The highest BCUT2D eigenvalue weighted by molar-refractivity contribution is 4.96. The van der Waals surface area contributed by atoms with Crippen molar-refractivity contribution in [3.8, 4) is 0 Å². The molecule has 2 rings (SSSR count). The van der Waals surface area contributed by atoms with Crippen molar-refractivity contribution in [1.82, 2.24) is 9.80 Å². The zero-order valence-corrected chi connectivity index (χ0v) is 14.4. The molecule has 3 heteroatoms. The van der Waals surface area contributed by atoms with Crippen molar-refractivity contribution in [3.05, 3.63) is 0 Å². The molecule has 0 aromatic heterocycles. The number of hydrogen-bond acceptors (Lipinski definition) is 3. The van der Waals surface area contributed by atoms with E-state index >= 15 is 0 Å². The van der Waals surface area contributed by atoms with Gasteiger partial charge in [-0.1, -0.05) is 20.8 Å². The van der Waals surface area contributed by atoms with Crippen LogP contribution in [0, 0.1) is 11.3 Å². The molecule has 1 saturated carbocycles. The summed E-state index contributed by atoms with van der Waals surface area (Å²) in [6.45, 7) is 14.2. The lowest BCUT2D eigenvalue weighted by atomic mass is 9.69. The third kappa shape index (κ3) is 3.37. The quantitative estimate of drug-likeness (QED) is 0.802. The monoisotopic (exact) mass is 281 g/mol. The van der Waals surface area contributed by atoms with Crippen LogP contribution in [0.1, 0.15) is 53.9 Å². The number of nitrogens with two attached hydrogens (primary N) is 1. The van der Waals surface area contributed by atoms with E-state index in [1.165, 1.54) is 32.4 Å². The maximum absolute atomic E-state index is 6.49. The van der Waals surface area contributed by atoms with Gasteiger partial charge in [0.2, 0.25) is 0 Å². The Morgan fingerprint density at radius 1 is 1.00 bits per heavy atom. The number of piperazine rings is 1. The molecule has 0 amide bonds. The molecule has 1 aliphatic carbocycles. The Morgan fingerprint density at radius 3 is 2.05 bits per heavy atom.